The zero-order valence-corrected chi connectivity index (χ0v) is 15.3. The number of hydrogen-bond donors (Lipinski definition) is 2. The van der Waals surface area contributed by atoms with Crippen LogP contribution in [-0.4, -0.2) is 39.4 Å². The van der Waals surface area contributed by atoms with Gasteiger partial charge in [0.15, 0.2) is 0 Å². The summed E-state index contributed by atoms with van der Waals surface area (Å²) in [6, 6.07) is 4.12. The summed E-state index contributed by atoms with van der Waals surface area (Å²) in [6.45, 7) is 14.0. The van der Waals surface area contributed by atoms with Crippen molar-refractivity contribution in [1.29, 1.82) is 0 Å². The lowest BCUT2D eigenvalue weighted by molar-refractivity contribution is -0.321. The molecule has 2 rings (SSSR count). The van der Waals surface area contributed by atoms with Crippen LogP contribution in [0.3, 0.4) is 0 Å². The monoisotopic (exact) mass is 327 g/mol. The fourth-order valence-electron chi connectivity index (χ4n) is 3.04. The van der Waals surface area contributed by atoms with Crippen molar-refractivity contribution < 1.29 is 19.3 Å². The van der Waals surface area contributed by atoms with Gasteiger partial charge in [0.05, 0.1) is 11.2 Å². The molecule has 1 aliphatic heterocycles. The van der Waals surface area contributed by atoms with Crippen LogP contribution in [0, 0.1) is 12.7 Å². The highest BCUT2D eigenvalue weighted by atomic mass is 19.1. The summed E-state index contributed by atoms with van der Waals surface area (Å²) in [5.74, 6) is -2.52. The lowest BCUT2D eigenvalue weighted by Crippen LogP contribution is -2.63. The van der Waals surface area contributed by atoms with E-state index in [9.17, 15) is 14.6 Å². The lowest BCUT2D eigenvalue weighted by Gasteiger charge is -2.50. The molecule has 0 atom stereocenters. The molecule has 0 saturated carbocycles. The maximum absolute atomic E-state index is 13.4. The van der Waals surface area contributed by atoms with E-state index in [2.05, 4.69) is 0 Å². The summed E-state index contributed by atoms with van der Waals surface area (Å²) in [5.41, 5.74) is -0.372. The minimum Gasteiger partial charge on any atom is -0.367 e. The van der Waals surface area contributed by atoms with Crippen molar-refractivity contribution in [1.82, 2.24) is 4.90 Å². The molecule has 0 aliphatic carbocycles. The maximum atomic E-state index is 13.4. The van der Waals surface area contributed by atoms with E-state index in [1.165, 1.54) is 18.2 Å². The van der Waals surface area contributed by atoms with E-state index in [-0.39, 0.29) is 11.4 Å². The van der Waals surface area contributed by atoms with Gasteiger partial charge in [0, 0.05) is 18.7 Å². The summed E-state index contributed by atoms with van der Waals surface area (Å²) < 4.78 is 19.3. The number of halogens is 1. The molecular weight excluding hydrogens is 297 g/mol. The standard InChI is InChI=1S/C16H24FNO3.C2H6/c1-11-8-12(6-7-13(11)17)16(19,20)18-9-14(2,3)21-15(4,5)10-18;1-2/h6-8,19-20H,9-10H2,1-5H3;1-2H3. The zero-order valence-electron chi connectivity index (χ0n) is 15.3. The number of ether oxygens (including phenoxy) is 1. The van der Waals surface area contributed by atoms with Gasteiger partial charge in [-0.25, -0.2) is 9.29 Å². The molecule has 1 aromatic carbocycles. The van der Waals surface area contributed by atoms with Gasteiger partial charge in [-0.2, -0.15) is 0 Å². The van der Waals surface area contributed by atoms with Gasteiger partial charge in [-0.3, -0.25) is 0 Å². The van der Waals surface area contributed by atoms with Gasteiger partial charge in [0.1, 0.15) is 5.82 Å². The number of rotatable bonds is 2. The van der Waals surface area contributed by atoms with Gasteiger partial charge in [-0.05, 0) is 58.4 Å². The average molecular weight is 327 g/mol. The highest BCUT2D eigenvalue weighted by Gasteiger charge is 2.46. The number of morpholine rings is 1. The molecule has 1 aromatic rings. The smallest absolute Gasteiger partial charge is 0.253 e. The van der Waals surface area contributed by atoms with E-state index >= 15 is 0 Å². The Morgan fingerprint density at radius 1 is 1.09 bits per heavy atom. The Morgan fingerprint density at radius 2 is 1.57 bits per heavy atom. The summed E-state index contributed by atoms with van der Waals surface area (Å²) in [5, 5.41) is 21.2. The molecule has 5 heteroatoms. The zero-order chi connectivity index (χ0) is 18.1. The average Bonchev–Trinajstić information content (AvgIpc) is 2.40. The predicted molar refractivity (Wildman–Crippen MR) is 89.4 cm³/mol. The van der Waals surface area contributed by atoms with E-state index in [4.69, 9.17) is 4.74 Å². The quantitative estimate of drug-likeness (QED) is 0.820. The first-order valence-corrected chi connectivity index (χ1v) is 8.10. The molecule has 1 heterocycles. The topological polar surface area (TPSA) is 52.9 Å². The van der Waals surface area contributed by atoms with Crippen LogP contribution in [0.1, 0.15) is 52.7 Å². The minimum absolute atomic E-state index is 0.259. The van der Waals surface area contributed by atoms with Gasteiger partial charge < -0.3 is 14.9 Å². The summed E-state index contributed by atoms with van der Waals surface area (Å²) in [7, 11) is 0. The van der Waals surface area contributed by atoms with Crippen LogP contribution >= 0.6 is 0 Å². The second kappa shape index (κ2) is 6.85. The largest absolute Gasteiger partial charge is 0.367 e. The van der Waals surface area contributed by atoms with Gasteiger partial charge in [0.25, 0.3) is 5.91 Å². The third-order valence-corrected chi connectivity index (χ3v) is 3.68. The number of benzene rings is 1. The van der Waals surface area contributed by atoms with Crippen molar-refractivity contribution in [2.45, 2.75) is 65.6 Å². The van der Waals surface area contributed by atoms with Crippen molar-refractivity contribution in [2.75, 3.05) is 13.1 Å². The highest BCUT2D eigenvalue weighted by molar-refractivity contribution is 5.27. The highest BCUT2D eigenvalue weighted by Crippen LogP contribution is 2.34. The van der Waals surface area contributed by atoms with Crippen molar-refractivity contribution in [3.8, 4) is 0 Å². The lowest BCUT2D eigenvalue weighted by atomic mass is 9.96. The van der Waals surface area contributed by atoms with Crippen molar-refractivity contribution in [3.05, 3.63) is 35.1 Å². The van der Waals surface area contributed by atoms with Crippen molar-refractivity contribution in [3.63, 3.8) is 0 Å². The summed E-state index contributed by atoms with van der Waals surface area (Å²) in [6.07, 6.45) is 0. The van der Waals surface area contributed by atoms with E-state index in [1.807, 2.05) is 41.5 Å². The Kier molecular flexibility index (Phi) is 5.97. The van der Waals surface area contributed by atoms with E-state index in [1.54, 1.807) is 11.8 Å². The molecule has 2 N–H and O–H groups in total. The molecule has 1 fully saturated rings. The Morgan fingerprint density at radius 3 is 2.00 bits per heavy atom. The molecule has 132 valence electrons. The van der Waals surface area contributed by atoms with E-state index in [0.29, 0.717) is 18.7 Å². The van der Waals surface area contributed by atoms with Crippen LogP contribution in [0.25, 0.3) is 0 Å². The summed E-state index contributed by atoms with van der Waals surface area (Å²) in [4.78, 5) is 1.56. The summed E-state index contributed by atoms with van der Waals surface area (Å²) >= 11 is 0. The fourth-order valence-corrected chi connectivity index (χ4v) is 3.04. The van der Waals surface area contributed by atoms with Gasteiger partial charge in [-0.1, -0.05) is 13.8 Å². The molecule has 23 heavy (non-hydrogen) atoms. The molecular formula is C18H30FNO3. The number of hydrogen-bond acceptors (Lipinski definition) is 4. The Labute approximate surface area is 138 Å². The SMILES string of the molecule is CC.Cc1cc(C(O)(O)N2CC(C)(C)OC(C)(C)C2)ccc1F. The van der Waals surface area contributed by atoms with Crippen LogP contribution in [0.5, 0.6) is 0 Å². The third-order valence-electron chi connectivity index (χ3n) is 3.68. The number of nitrogens with zero attached hydrogens (tertiary/aromatic N) is 1. The molecule has 0 bridgehead atoms. The number of aryl methyl sites for hydroxylation is 1. The fraction of sp³-hybridized carbons (Fsp3) is 0.667. The molecule has 0 amide bonds. The first-order chi connectivity index (χ1) is 10.4. The first kappa shape index (κ1) is 20.0. The van der Waals surface area contributed by atoms with Gasteiger partial charge in [-0.15, -0.1) is 0 Å². The van der Waals surface area contributed by atoms with Crippen molar-refractivity contribution in [2.24, 2.45) is 0 Å². The Hall–Kier alpha value is -1.01. The van der Waals surface area contributed by atoms with E-state index in [0.717, 1.165) is 0 Å². The second-order valence-corrected chi connectivity index (χ2v) is 7.08. The molecule has 0 radical (unpaired) electrons. The van der Waals surface area contributed by atoms with Crippen LogP contribution in [-0.2, 0) is 10.6 Å². The Balaban J connectivity index is 0.00000127. The van der Waals surface area contributed by atoms with Crippen LogP contribution in [0.15, 0.2) is 18.2 Å². The number of aliphatic hydroxyl groups is 2. The molecule has 0 unspecified atom stereocenters. The Bertz CT molecular complexity index is 525. The second-order valence-electron chi connectivity index (χ2n) is 7.08. The molecule has 1 aliphatic rings. The first-order valence-electron chi connectivity index (χ1n) is 8.10. The maximum Gasteiger partial charge on any atom is 0.253 e. The van der Waals surface area contributed by atoms with Crippen LogP contribution < -0.4 is 0 Å². The third kappa shape index (κ3) is 4.73. The van der Waals surface area contributed by atoms with E-state index < -0.39 is 17.1 Å². The normalized spacial score (nSPS) is 20.6. The van der Waals surface area contributed by atoms with Crippen LogP contribution in [0.2, 0.25) is 0 Å². The van der Waals surface area contributed by atoms with Crippen LogP contribution in [0.4, 0.5) is 4.39 Å². The van der Waals surface area contributed by atoms with Gasteiger partial charge >= 0.3 is 0 Å². The minimum atomic E-state index is -2.16. The predicted octanol–water partition coefficient (Wildman–Crippen LogP) is 3.14. The van der Waals surface area contributed by atoms with Crippen molar-refractivity contribution >= 4 is 0 Å². The molecule has 1 saturated heterocycles. The van der Waals surface area contributed by atoms with Gasteiger partial charge in [0.2, 0.25) is 0 Å². The molecule has 4 nitrogen and oxygen atoms in total. The molecule has 0 spiro atoms. The molecule has 0 aromatic heterocycles.